The summed E-state index contributed by atoms with van der Waals surface area (Å²) in [5.74, 6) is -0.445. The lowest BCUT2D eigenvalue weighted by Crippen LogP contribution is -2.27. The number of methoxy groups -OCH3 is 1. The highest BCUT2D eigenvalue weighted by Crippen LogP contribution is 2.18. The number of hydrogen-bond acceptors (Lipinski definition) is 4. The number of rotatable bonds is 5. The van der Waals surface area contributed by atoms with Crippen LogP contribution in [0.2, 0.25) is 5.02 Å². The molecule has 3 N–H and O–H groups in total. The number of carbonyl (C=O) groups is 1. The van der Waals surface area contributed by atoms with Crippen molar-refractivity contribution in [3.8, 4) is 0 Å². The van der Waals surface area contributed by atoms with Crippen molar-refractivity contribution in [1.82, 2.24) is 5.32 Å². The molecule has 0 spiro atoms. The van der Waals surface area contributed by atoms with E-state index in [9.17, 15) is 13.2 Å². The first-order valence-electron chi connectivity index (χ1n) is 4.95. The van der Waals surface area contributed by atoms with Crippen LogP contribution in [0.4, 0.5) is 0 Å². The molecule has 18 heavy (non-hydrogen) atoms. The minimum atomic E-state index is -3.90. The van der Waals surface area contributed by atoms with Crippen LogP contribution in [0.15, 0.2) is 23.1 Å². The van der Waals surface area contributed by atoms with Gasteiger partial charge in [0.05, 0.1) is 11.5 Å². The maximum atomic E-state index is 11.7. The molecule has 100 valence electrons. The van der Waals surface area contributed by atoms with Gasteiger partial charge in [0.1, 0.15) is 0 Å². The molecule has 1 aromatic carbocycles. The Balaban J connectivity index is 2.96. The second kappa shape index (κ2) is 6.14. The number of sulfonamides is 1. The van der Waals surface area contributed by atoms with Crippen molar-refractivity contribution in [2.45, 2.75) is 4.90 Å². The quantitative estimate of drug-likeness (QED) is 0.766. The van der Waals surface area contributed by atoms with E-state index in [1.807, 2.05) is 0 Å². The number of primary sulfonamides is 1. The van der Waals surface area contributed by atoms with E-state index in [-0.39, 0.29) is 15.5 Å². The van der Waals surface area contributed by atoms with Crippen molar-refractivity contribution in [2.75, 3.05) is 20.3 Å². The number of nitrogens with two attached hydrogens (primary N) is 1. The Morgan fingerprint density at radius 1 is 1.44 bits per heavy atom. The van der Waals surface area contributed by atoms with Crippen LogP contribution in [0.3, 0.4) is 0 Å². The highest BCUT2D eigenvalue weighted by atomic mass is 35.5. The highest BCUT2D eigenvalue weighted by Gasteiger charge is 2.13. The number of benzene rings is 1. The highest BCUT2D eigenvalue weighted by molar-refractivity contribution is 7.89. The van der Waals surface area contributed by atoms with E-state index in [4.69, 9.17) is 21.5 Å². The third-order valence-electron chi connectivity index (χ3n) is 2.05. The fourth-order valence-electron chi connectivity index (χ4n) is 1.23. The molecular formula is C10H13ClN2O4S. The number of carbonyl (C=O) groups excluding carboxylic acids is 1. The van der Waals surface area contributed by atoms with Crippen molar-refractivity contribution in [3.05, 3.63) is 28.8 Å². The van der Waals surface area contributed by atoms with Gasteiger partial charge in [0.25, 0.3) is 5.91 Å². The lowest BCUT2D eigenvalue weighted by molar-refractivity contribution is 0.0937. The Morgan fingerprint density at radius 2 is 2.11 bits per heavy atom. The topological polar surface area (TPSA) is 98.5 Å². The van der Waals surface area contributed by atoms with E-state index < -0.39 is 15.9 Å². The molecule has 1 rings (SSSR count). The summed E-state index contributed by atoms with van der Waals surface area (Å²) >= 11 is 5.74. The molecule has 0 aliphatic rings. The summed E-state index contributed by atoms with van der Waals surface area (Å²) in [6, 6.07) is 3.71. The van der Waals surface area contributed by atoms with Gasteiger partial charge in [-0.15, -0.1) is 0 Å². The van der Waals surface area contributed by atoms with Gasteiger partial charge in [0, 0.05) is 24.2 Å². The summed E-state index contributed by atoms with van der Waals surface area (Å²) in [6.45, 7) is 0.668. The fraction of sp³-hybridized carbons (Fsp3) is 0.300. The van der Waals surface area contributed by atoms with Gasteiger partial charge in [-0.1, -0.05) is 11.6 Å². The Hall–Kier alpha value is -1.15. The van der Waals surface area contributed by atoms with E-state index in [1.54, 1.807) is 0 Å². The second-order valence-electron chi connectivity index (χ2n) is 3.47. The molecule has 0 aliphatic heterocycles. The molecule has 0 unspecified atom stereocenters. The monoisotopic (exact) mass is 292 g/mol. The molecule has 0 aliphatic carbocycles. The maximum Gasteiger partial charge on any atom is 0.251 e. The number of nitrogens with one attached hydrogen (secondary N) is 1. The first kappa shape index (κ1) is 14.9. The van der Waals surface area contributed by atoms with E-state index in [0.717, 1.165) is 0 Å². The Labute approximate surface area is 110 Å². The number of amides is 1. The molecule has 0 radical (unpaired) electrons. The third-order valence-corrected chi connectivity index (χ3v) is 3.16. The van der Waals surface area contributed by atoms with Crippen LogP contribution in [-0.2, 0) is 14.8 Å². The van der Waals surface area contributed by atoms with Crippen LogP contribution < -0.4 is 10.5 Å². The van der Waals surface area contributed by atoms with Crippen molar-refractivity contribution >= 4 is 27.5 Å². The van der Waals surface area contributed by atoms with Gasteiger partial charge in [0.15, 0.2) is 0 Å². The van der Waals surface area contributed by atoms with Gasteiger partial charge < -0.3 is 10.1 Å². The molecule has 0 bridgehead atoms. The Kier molecular flexibility index (Phi) is 5.09. The van der Waals surface area contributed by atoms with Crippen LogP contribution in [0.5, 0.6) is 0 Å². The van der Waals surface area contributed by atoms with E-state index in [1.165, 1.54) is 25.3 Å². The average molecular weight is 293 g/mol. The van der Waals surface area contributed by atoms with Crippen LogP contribution in [-0.4, -0.2) is 34.6 Å². The van der Waals surface area contributed by atoms with Gasteiger partial charge in [-0.3, -0.25) is 4.79 Å². The van der Waals surface area contributed by atoms with Gasteiger partial charge in [-0.05, 0) is 18.2 Å². The molecule has 0 saturated heterocycles. The number of ether oxygens (including phenoxy) is 1. The SMILES string of the molecule is COCCNC(=O)c1cc(Cl)cc(S(N)(=O)=O)c1. The molecule has 8 heteroatoms. The summed E-state index contributed by atoms with van der Waals surface area (Å²) in [6.07, 6.45) is 0. The first-order chi connectivity index (χ1) is 8.34. The molecule has 0 atom stereocenters. The molecule has 0 aromatic heterocycles. The number of halogens is 1. The lowest BCUT2D eigenvalue weighted by Gasteiger charge is -2.06. The third kappa shape index (κ3) is 4.26. The molecule has 0 fully saturated rings. The van der Waals surface area contributed by atoms with Gasteiger partial charge >= 0.3 is 0 Å². The summed E-state index contributed by atoms with van der Waals surface area (Å²) in [4.78, 5) is 11.5. The van der Waals surface area contributed by atoms with E-state index in [2.05, 4.69) is 5.32 Å². The minimum Gasteiger partial charge on any atom is -0.383 e. The van der Waals surface area contributed by atoms with Crippen molar-refractivity contribution < 1.29 is 17.9 Å². The smallest absolute Gasteiger partial charge is 0.251 e. The summed E-state index contributed by atoms with van der Waals surface area (Å²) in [5.41, 5.74) is 0.127. The normalized spacial score (nSPS) is 11.3. The van der Waals surface area contributed by atoms with Gasteiger partial charge in [-0.2, -0.15) is 0 Å². The second-order valence-corrected chi connectivity index (χ2v) is 5.47. The zero-order chi connectivity index (χ0) is 13.8. The van der Waals surface area contributed by atoms with Crippen molar-refractivity contribution in [2.24, 2.45) is 5.14 Å². The predicted molar refractivity (Wildman–Crippen MR) is 67.0 cm³/mol. The molecule has 1 aromatic rings. The molecule has 0 saturated carbocycles. The Morgan fingerprint density at radius 3 is 2.67 bits per heavy atom. The van der Waals surface area contributed by atoms with E-state index in [0.29, 0.717) is 13.2 Å². The largest absolute Gasteiger partial charge is 0.383 e. The molecule has 1 amide bonds. The van der Waals surface area contributed by atoms with Crippen LogP contribution in [0.25, 0.3) is 0 Å². The van der Waals surface area contributed by atoms with E-state index >= 15 is 0 Å². The minimum absolute atomic E-state index is 0.124. The van der Waals surface area contributed by atoms with Gasteiger partial charge in [-0.25, -0.2) is 13.6 Å². The van der Waals surface area contributed by atoms with Crippen molar-refractivity contribution in [1.29, 1.82) is 0 Å². The van der Waals surface area contributed by atoms with Crippen LogP contribution in [0.1, 0.15) is 10.4 Å². The first-order valence-corrected chi connectivity index (χ1v) is 6.87. The van der Waals surface area contributed by atoms with Crippen molar-refractivity contribution in [3.63, 3.8) is 0 Å². The Bertz CT molecular complexity index is 545. The summed E-state index contributed by atoms with van der Waals surface area (Å²) < 4.78 is 27.1. The summed E-state index contributed by atoms with van der Waals surface area (Å²) in [7, 11) is -2.39. The van der Waals surface area contributed by atoms with Gasteiger partial charge in [0.2, 0.25) is 10.0 Å². The fourth-order valence-corrected chi connectivity index (χ4v) is 2.11. The zero-order valence-electron chi connectivity index (χ0n) is 9.64. The van der Waals surface area contributed by atoms with Crippen LogP contribution in [0, 0.1) is 0 Å². The molecular weight excluding hydrogens is 280 g/mol. The summed E-state index contributed by atoms with van der Waals surface area (Å²) in [5, 5.41) is 7.65. The average Bonchev–Trinajstić information content (AvgIpc) is 2.27. The standard InChI is InChI=1S/C10H13ClN2O4S/c1-17-3-2-13-10(14)7-4-8(11)6-9(5-7)18(12,15)16/h4-6H,2-3H2,1H3,(H,13,14)(H2,12,15,16). The maximum absolute atomic E-state index is 11.7. The predicted octanol–water partition coefficient (Wildman–Crippen LogP) is 0.364. The number of hydrogen-bond donors (Lipinski definition) is 2. The molecule has 6 nitrogen and oxygen atoms in total. The lowest BCUT2D eigenvalue weighted by atomic mass is 10.2. The molecule has 0 heterocycles. The van der Waals surface area contributed by atoms with Crippen LogP contribution >= 0.6 is 11.6 Å². The zero-order valence-corrected chi connectivity index (χ0v) is 11.2.